The smallest absolute Gasteiger partial charge is 0.200 e. The third-order valence-electron chi connectivity index (χ3n) is 2.46. The summed E-state index contributed by atoms with van der Waals surface area (Å²) in [5, 5.41) is 0.467. The zero-order chi connectivity index (χ0) is 13.7. The van der Waals surface area contributed by atoms with Crippen molar-refractivity contribution in [2.45, 2.75) is 0 Å². The molecule has 0 atom stereocenters. The maximum absolute atomic E-state index is 11.9. The number of hydrogen-bond acceptors (Lipinski definition) is 4. The molecule has 2 aromatic rings. The normalized spacial score (nSPS) is 10.0. The molecule has 0 fully saturated rings. The standard InChI is InChI=1S/C14H12ClNO3/c1-18-12-4-2-10(3-5-12)14(17)9-19-13-6-11(15)7-16-8-13/h2-8H,9H2,1H3. The van der Waals surface area contributed by atoms with Gasteiger partial charge in [-0.3, -0.25) is 9.78 Å². The lowest BCUT2D eigenvalue weighted by Gasteiger charge is -2.06. The van der Waals surface area contributed by atoms with E-state index in [1.54, 1.807) is 37.4 Å². The molecule has 1 aromatic heterocycles. The number of ether oxygens (including phenoxy) is 2. The van der Waals surface area contributed by atoms with Crippen molar-refractivity contribution in [3.8, 4) is 11.5 Å². The fourth-order valence-corrected chi connectivity index (χ4v) is 1.64. The summed E-state index contributed by atoms with van der Waals surface area (Å²) < 4.78 is 10.4. The minimum absolute atomic E-state index is 0.0612. The van der Waals surface area contributed by atoms with Gasteiger partial charge in [-0.2, -0.15) is 0 Å². The third-order valence-corrected chi connectivity index (χ3v) is 2.67. The molecule has 0 unspecified atom stereocenters. The third kappa shape index (κ3) is 3.69. The van der Waals surface area contributed by atoms with Crippen LogP contribution in [-0.4, -0.2) is 24.5 Å². The average Bonchev–Trinajstić information content (AvgIpc) is 2.45. The van der Waals surface area contributed by atoms with Crippen molar-refractivity contribution in [3.63, 3.8) is 0 Å². The summed E-state index contributed by atoms with van der Waals surface area (Å²) >= 11 is 5.77. The molecule has 1 heterocycles. The number of carbonyl (C=O) groups is 1. The van der Waals surface area contributed by atoms with E-state index in [1.807, 2.05) is 0 Å². The molecule has 0 radical (unpaired) electrons. The number of pyridine rings is 1. The van der Waals surface area contributed by atoms with Crippen LogP contribution in [-0.2, 0) is 0 Å². The van der Waals surface area contributed by atoms with E-state index in [0.717, 1.165) is 0 Å². The van der Waals surface area contributed by atoms with Gasteiger partial charge in [0, 0.05) is 17.8 Å². The van der Waals surface area contributed by atoms with Gasteiger partial charge in [0.05, 0.1) is 18.3 Å². The Balaban J connectivity index is 1.97. The van der Waals surface area contributed by atoms with Gasteiger partial charge in [-0.25, -0.2) is 0 Å². The molecular weight excluding hydrogens is 266 g/mol. The molecule has 0 aliphatic heterocycles. The summed E-state index contributed by atoms with van der Waals surface area (Å²) in [4.78, 5) is 15.8. The fraction of sp³-hybridized carbons (Fsp3) is 0.143. The first-order chi connectivity index (χ1) is 9.19. The molecule has 1 aromatic carbocycles. The minimum Gasteiger partial charge on any atom is -0.497 e. The van der Waals surface area contributed by atoms with Gasteiger partial charge >= 0.3 is 0 Å². The SMILES string of the molecule is COc1ccc(C(=O)COc2cncc(Cl)c2)cc1. The van der Waals surface area contributed by atoms with Crippen LogP contribution in [0.1, 0.15) is 10.4 Å². The van der Waals surface area contributed by atoms with Gasteiger partial charge in [0.2, 0.25) is 0 Å². The van der Waals surface area contributed by atoms with Crippen LogP contribution in [0.4, 0.5) is 0 Å². The molecule has 0 amide bonds. The van der Waals surface area contributed by atoms with Crippen LogP contribution in [0.3, 0.4) is 0 Å². The highest BCUT2D eigenvalue weighted by Gasteiger charge is 2.07. The van der Waals surface area contributed by atoms with E-state index < -0.39 is 0 Å². The maximum Gasteiger partial charge on any atom is 0.200 e. The highest BCUT2D eigenvalue weighted by Crippen LogP contribution is 2.16. The second-order valence-corrected chi connectivity index (χ2v) is 4.22. The van der Waals surface area contributed by atoms with E-state index >= 15 is 0 Å². The van der Waals surface area contributed by atoms with Crippen molar-refractivity contribution in [1.82, 2.24) is 4.98 Å². The molecule has 0 saturated carbocycles. The second kappa shape index (κ2) is 6.20. The molecule has 5 heteroatoms. The van der Waals surface area contributed by atoms with Gasteiger partial charge < -0.3 is 9.47 Å². The van der Waals surface area contributed by atoms with Crippen molar-refractivity contribution in [2.24, 2.45) is 0 Å². The lowest BCUT2D eigenvalue weighted by atomic mass is 10.1. The quantitative estimate of drug-likeness (QED) is 0.788. The van der Waals surface area contributed by atoms with Gasteiger partial charge in [0.25, 0.3) is 0 Å². The van der Waals surface area contributed by atoms with Gasteiger partial charge in [-0.05, 0) is 24.3 Å². The van der Waals surface area contributed by atoms with Gasteiger partial charge in [-0.15, -0.1) is 0 Å². The van der Waals surface area contributed by atoms with Crippen LogP contribution in [0.5, 0.6) is 11.5 Å². The molecular formula is C14H12ClNO3. The number of hydrogen-bond donors (Lipinski definition) is 0. The van der Waals surface area contributed by atoms with Gasteiger partial charge in [0.1, 0.15) is 11.5 Å². The Bertz CT molecular complexity index is 569. The first kappa shape index (κ1) is 13.4. The van der Waals surface area contributed by atoms with Crippen molar-refractivity contribution in [2.75, 3.05) is 13.7 Å². The van der Waals surface area contributed by atoms with Gasteiger partial charge in [-0.1, -0.05) is 11.6 Å². The number of carbonyl (C=O) groups excluding carboxylic acids is 1. The maximum atomic E-state index is 11.9. The molecule has 0 aliphatic carbocycles. The zero-order valence-corrected chi connectivity index (χ0v) is 11.1. The topological polar surface area (TPSA) is 48.4 Å². The monoisotopic (exact) mass is 277 g/mol. The van der Waals surface area contributed by atoms with Crippen LogP contribution < -0.4 is 9.47 Å². The number of nitrogens with zero attached hydrogens (tertiary/aromatic N) is 1. The first-order valence-corrected chi connectivity index (χ1v) is 5.97. The fourth-order valence-electron chi connectivity index (χ4n) is 1.48. The van der Waals surface area contributed by atoms with Crippen LogP contribution >= 0.6 is 11.6 Å². The summed E-state index contributed by atoms with van der Waals surface area (Å²) in [6, 6.07) is 8.46. The van der Waals surface area contributed by atoms with Crippen LogP contribution in [0.25, 0.3) is 0 Å². The Labute approximate surface area is 115 Å². The lowest BCUT2D eigenvalue weighted by Crippen LogP contribution is -2.11. The van der Waals surface area contributed by atoms with Crippen molar-refractivity contribution >= 4 is 17.4 Å². The number of methoxy groups -OCH3 is 1. The van der Waals surface area contributed by atoms with Crippen molar-refractivity contribution < 1.29 is 14.3 Å². The number of rotatable bonds is 5. The lowest BCUT2D eigenvalue weighted by molar-refractivity contribution is 0.0921. The molecule has 0 bridgehead atoms. The van der Waals surface area contributed by atoms with Crippen molar-refractivity contribution in [3.05, 3.63) is 53.3 Å². The molecule has 2 rings (SSSR count). The molecule has 0 aliphatic rings. The average molecular weight is 278 g/mol. The summed E-state index contributed by atoms with van der Waals surface area (Å²) in [5.41, 5.74) is 0.566. The Morgan fingerprint density at radius 2 is 1.95 bits per heavy atom. The summed E-state index contributed by atoms with van der Waals surface area (Å²) in [6.07, 6.45) is 3.01. The Hall–Kier alpha value is -2.07. The van der Waals surface area contributed by atoms with Crippen LogP contribution in [0.2, 0.25) is 5.02 Å². The zero-order valence-electron chi connectivity index (χ0n) is 10.3. The van der Waals surface area contributed by atoms with Gasteiger partial charge in [0.15, 0.2) is 12.4 Å². The van der Waals surface area contributed by atoms with Crippen LogP contribution in [0.15, 0.2) is 42.7 Å². The van der Waals surface area contributed by atoms with Crippen molar-refractivity contribution in [1.29, 1.82) is 0 Å². The van der Waals surface area contributed by atoms with E-state index in [2.05, 4.69) is 4.98 Å². The molecule has 4 nitrogen and oxygen atoms in total. The largest absolute Gasteiger partial charge is 0.497 e. The second-order valence-electron chi connectivity index (χ2n) is 3.78. The van der Waals surface area contributed by atoms with E-state index in [-0.39, 0.29) is 12.4 Å². The molecule has 19 heavy (non-hydrogen) atoms. The Morgan fingerprint density at radius 3 is 2.58 bits per heavy atom. The molecule has 98 valence electrons. The summed E-state index contributed by atoms with van der Waals surface area (Å²) in [7, 11) is 1.58. The minimum atomic E-state index is -0.123. The first-order valence-electron chi connectivity index (χ1n) is 5.59. The molecule has 0 N–H and O–H groups in total. The summed E-state index contributed by atoms with van der Waals surface area (Å²) in [5.74, 6) is 1.05. The number of ketones is 1. The van der Waals surface area contributed by atoms with E-state index in [1.165, 1.54) is 12.4 Å². The summed E-state index contributed by atoms with van der Waals surface area (Å²) in [6.45, 7) is -0.0612. The van der Waals surface area contributed by atoms with Crippen LogP contribution in [0, 0.1) is 0 Å². The Kier molecular flexibility index (Phi) is 4.36. The Morgan fingerprint density at radius 1 is 1.21 bits per heavy atom. The number of Topliss-reactive ketones (excluding diaryl/α,β-unsaturated/α-hetero) is 1. The predicted molar refractivity (Wildman–Crippen MR) is 72.1 cm³/mol. The number of benzene rings is 1. The van der Waals surface area contributed by atoms with E-state index in [9.17, 15) is 4.79 Å². The molecule has 0 spiro atoms. The number of aromatic nitrogens is 1. The highest BCUT2D eigenvalue weighted by molar-refractivity contribution is 6.30. The number of halogens is 1. The van der Waals surface area contributed by atoms with E-state index in [4.69, 9.17) is 21.1 Å². The highest BCUT2D eigenvalue weighted by atomic mass is 35.5. The predicted octanol–water partition coefficient (Wildman–Crippen LogP) is 3.01. The molecule has 0 saturated heterocycles. The van der Waals surface area contributed by atoms with E-state index in [0.29, 0.717) is 22.1 Å².